The maximum Gasteiger partial charge on any atom is 0.0419 e. The third-order valence-electron chi connectivity index (χ3n) is 3.14. The maximum absolute atomic E-state index is 3.92. The van der Waals surface area contributed by atoms with Gasteiger partial charge in [0, 0.05) is 17.8 Å². The monoisotopic (exact) mass is 452 g/mol. The second-order valence-electron chi connectivity index (χ2n) is 4.90. The van der Waals surface area contributed by atoms with Crippen LogP contribution in [0.2, 0.25) is 0 Å². The minimum atomic E-state index is 0.127. The van der Waals surface area contributed by atoms with Gasteiger partial charge in [-0.3, -0.25) is 0 Å². The zero-order valence-corrected chi connectivity index (χ0v) is 15.1. The van der Waals surface area contributed by atoms with Crippen LogP contribution in [0.4, 0.5) is 0 Å². The van der Waals surface area contributed by atoms with Gasteiger partial charge in [0.05, 0.1) is 0 Å². The number of alkyl halides is 4. The fourth-order valence-corrected chi connectivity index (χ4v) is 4.54. The summed E-state index contributed by atoms with van der Waals surface area (Å²) in [5.41, 5.74) is 0. The molecule has 1 rings (SSSR count). The average Bonchev–Trinajstić information content (AvgIpc) is 1.94. The average molecular weight is 456 g/mol. The molecule has 0 aromatic carbocycles. The van der Waals surface area contributed by atoms with Crippen molar-refractivity contribution in [3.63, 3.8) is 0 Å². The smallest absolute Gasteiger partial charge is 0.0419 e. The van der Waals surface area contributed by atoms with Gasteiger partial charge < -0.3 is 0 Å². The molecule has 0 spiro atoms. The van der Waals surface area contributed by atoms with Crippen molar-refractivity contribution in [2.75, 3.05) is 0 Å². The predicted molar refractivity (Wildman–Crippen MR) is 78.6 cm³/mol. The van der Waals surface area contributed by atoms with Crippen LogP contribution in [0.3, 0.4) is 0 Å². The Morgan fingerprint density at radius 2 is 1.79 bits per heavy atom. The van der Waals surface area contributed by atoms with Gasteiger partial charge in [0.15, 0.2) is 0 Å². The van der Waals surface area contributed by atoms with Crippen molar-refractivity contribution in [3.8, 4) is 0 Å². The molecule has 0 nitrogen and oxygen atoms in total. The first-order chi connectivity index (χ1) is 6.08. The zero-order chi connectivity index (χ0) is 11.2. The van der Waals surface area contributed by atoms with E-state index in [0.717, 1.165) is 6.42 Å². The topological polar surface area (TPSA) is 0 Å². The highest BCUT2D eigenvalue weighted by molar-refractivity contribution is 9.13. The van der Waals surface area contributed by atoms with E-state index >= 15 is 0 Å². The molecule has 0 radical (unpaired) electrons. The van der Waals surface area contributed by atoms with Gasteiger partial charge in [-0.15, -0.1) is 0 Å². The third kappa shape index (κ3) is 2.78. The highest BCUT2D eigenvalue weighted by Crippen LogP contribution is 2.54. The Balaban J connectivity index is 2.87. The fraction of sp³-hybridized carbons (Fsp3) is 1.00. The first kappa shape index (κ1) is 14.0. The molecule has 1 saturated carbocycles. The van der Waals surface area contributed by atoms with E-state index in [1.165, 1.54) is 12.8 Å². The molecule has 1 aliphatic carbocycles. The van der Waals surface area contributed by atoms with Crippen molar-refractivity contribution < 1.29 is 0 Å². The highest BCUT2D eigenvalue weighted by Gasteiger charge is 2.50. The van der Waals surface area contributed by atoms with Gasteiger partial charge in [0.1, 0.15) is 0 Å². The van der Waals surface area contributed by atoms with Gasteiger partial charge in [-0.2, -0.15) is 0 Å². The molecule has 0 bridgehead atoms. The SMILES string of the molecule is CC(C)(Br)[C@@]1(Br)CC[C@@H](Br)[C@](C)(Br)C1. The second-order valence-corrected chi connectivity index (χ2v) is 11.3. The summed E-state index contributed by atoms with van der Waals surface area (Å²) in [6.45, 7) is 6.74. The Labute approximate surface area is 120 Å². The molecule has 0 saturated heterocycles. The Morgan fingerprint density at radius 3 is 2.14 bits per heavy atom. The second kappa shape index (κ2) is 4.30. The standard InChI is InChI=1S/C10H16Br4/c1-8(2,12)10(14)5-4-7(11)9(3,13)6-10/h7H,4-6H2,1-3H3/t7-,9-,10-/m1/s1. The fourth-order valence-electron chi connectivity index (χ4n) is 1.91. The molecule has 1 fully saturated rings. The van der Waals surface area contributed by atoms with Crippen molar-refractivity contribution >= 4 is 63.7 Å². The van der Waals surface area contributed by atoms with Crippen molar-refractivity contribution in [1.29, 1.82) is 0 Å². The Bertz CT molecular complexity index is 219. The van der Waals surface area contributed by atoms with Gasteiger partial charge in [-0.05, 0) is 40.0 Å². The van der Waals surface area contributed by atoms with Gasteiger partial charge in [-0.25, -0.2) is 0 Å². The Hall–Kier alpha value is 1.92. The van der Waals surface area contributed by atoms with Crippen molar-refractivity contribution in [1.82, 2.24) is 0 Å². The molecule has 3 atom stereocenters. The summed E-state index contributed by atoms with van der Waals surface area (Å²) < 4.78 is 0.491. The largest absolute Gasteiger partial charge is 0.0876 e. The highest BCUT2D eigenvalue weighted by atomic mass is 79.9. The van der Waals surface area contributed by atoms with E-state index in [-0.39, 0.29) is 13.0 Å². The van der Waals surface area contributed by atoms with Gasteiger partial charge in [-0.1, -0.05) is 63.7 Å². The molecular weight excluding hydrogens is 440 g/mol. The first-order valence-electron chi connectivity index (χ1n) is 4.79. The van der Waals surface area contributed by atoms with Crippen LogP contribution in [0.1, 0.15) is 40.0 Å². The molecule has 0 N–H and O–H groups in total. The van der Waals surface area contributed by atoms with Gasteiger partial charge >= 0.3 is 0 Å². The quantitative estimate of drug-likeness (QED) is 0.465. The van der Waals surface area contributed by atoms with Crippen LogP contribution in [0.25, 0.3) is 0 Å². The molecule has 84 valence electrons. The van der Waals surface area contributed by atoms with E-state index in [0.29, 0.717) is 4.83 Å². The van der Waals surface area contributed by atoms with Gasteiger partial charge in [0.2, 0.25) is 0 Å². The molecule has 0 heterocycles. The summed E-state index contributed by atoms with van der Waals surface area (Å²) in [7, 11) is 0. The van der Waals surface area contributed by atoms with E-state index in [4.69, 9.17) is 0 Å². The summed E-state index contributed by atoms with van der Waals surface area (Å²) in [6.07, 6.45) is 3.51. The minimum absolute atomic E-state index is 0.127. The summed E-state index contributed by atoms with van der Waals surface area (Å²) in [5, 5.41) is 0. The van der Waals surface area contributed by atoms with Crippen LogP contribution < -0.4 is 0 Å². The number of rotatable bonds is 1. The lowest BCUT2D eigenvalue weighted by atomic mass is 9.76. The normalized spacial score (nSPS) is 45.2. The lowest BCUT2D eigenvalue weighted by Gasteiger charge is -2.49. The molecule has 0 aromatic heterocycles. The molecule has 14 heavy (non-hydrogen) atoms. The lowest BCUT2D eigenvalue weighted by Crippen LogP contribution is -2.51. The van der Waals surface area contributed by atoms with Crippen LogP contribution in [-0.4, -0.2) is 17.8 Å². The number of hydrogen-bond acceptors (Lipinski definition) is 0. The molecule has 0 unspecified atom stereocenters. The van der Waals surface area contributed by atoms with Crippen LogP contribution >= 0.6 is 63.7 Å². The molecular formula is C10H16Br4. The van der Waals surface area contributed by atoms with Crippen LogP contribution in [0, 0.1) is 0 Å². The van der Waals surface area contributed by atoms with Crippen LogP contribution in [0.5, 0.6) is 0 Å². The third-order valence-corrected chi connectivity index (χ3v) is 9.01. The predicted octanol–water partition coefficient (Wildman–Crippen LogP) is 5.39. The molecule has 0 amide bonds. The van der Waals surface area contributed by atoms with E-state index in [9.17, 15) is 0 Å². The summed E-state index contributed by atoms with van der Waals surface area (Å²) in [6, 6.07) is 0. The Kier molecular flexibility index (Phi) is 4.30. The van der Waals surface area contributed by atoms with Crippen LogP contribution in [0.15, 0.2) is 0 Å². The number of halogens is 4. The summed E-state index contributed by atoms with van der Waals surface area (Å²) >= 11 is 15.3. The Morgan fingerprint density at radius 1 is 1.29 bits per heavy atom. The zero-order valence-electron chi connectivity index (χ0n) is 8.71. The summed E-state index contributed by atoms with van der Waals surface area (Å²) in [4.78, 5) is 0.565. The lowest BCUT2D eigenvalue weighted by molar-refractivity contribution is 0.325. The van der Waals surface area contributed by atoms with E-state index < -0.39 is 0 Å². The van der Waals surface area contributed by atoms with E-state index in [2.05, 4.69) is 84.5 Å². The maximum atomic E-state index is 3.92. The molecule has 0 aromatic rings. The summed E-state index contributed by atoms with van der Waals surface area (Å²) in [5.74, 6) is 0. The van der Waals surface area contributed by atoms with Gasteiger partial charge in [0.25, 0.3) is 0 Å². The van der Waals surface area contributed by atoms with E-state index in [1.807, 2.05) is 0 Å². The van der Waals surface area contributed by atoms with Crippen LogP contribution in [-0.2, 0) is 0 Å². The molecule has 0 aliphatic heterocycles. The number of hydrogen-bond donors (Lipinski definition) is 0. The van der Waals surface area contributed by atoms with Crippen molar-refractivity contribution in [2.24, 2.45) is 0 Å². The molecule has 1 aliphatic rings. The minimum Gasteiger partial charge on any atom is -0.0876 e. The van der Waals surface area contributed by atoms with E-state index in [1.54, 1.807) is 0 Å². The van der Waals surface area contributed by atoms with Crippen molar-refractivity contribution in [3.05, 3.63) is 0 Å². The van der Waals surface area contributed by atoms with Crippen molar-refractivity contribution in [2.45, 2.75) is 57.8 Å². The molecule has 4 heteroatoms. The first-order valence-corrected chi connectivity index (χ1v) is 8.09.